The monoisotopic (exact) mass is 354 g/mol. The minimum absolute atomic E-state index is 0.00314. The van der Waals surface area contributed by atoms with Crippen LogP contribution in [0.3, 0.4) is 0 Å². The summed E-state index contributed by atoms with van der Waals surface area (Å²) in [6.45, 7) is 0. The summed E-state index contributed by atoms with van der Waals surface area (Å²) >= 11 is 0. The molecule has 3 nitrogen and oxygen atoms in total. The predicted octanol–water partition coefficient (Wildman–Crippen LogP) is 3.49. The van der Waals surface area contributed by atoms with Crippen LogP contribution < -0.4 is 0 Å². The second kappa shape index (κ2) is 7.06. The number of fused-ring (bicyclic) bond motifs is 1. The van der Waals surface area contributed by atoms with Crippen LogP contribution in [-0.4, -0.2) is 19.3 Å². The van der Waals surface area contributed by atoms with E-state index in [-0.39, 0.29) is 4.90 Å². The van der Waals surface area contributed by atoms with Gasteiger partial charge in [-0.25, -0.2) is 12.8 Å². The third kappa shape index (κ3) is 4.05. The van der Waals surface area contributed by atoms with E-state index in [1.54, 1.807) is 6.07 Å². The Morgan fingerprint density at radius 1 is 0.960 bits per heavy atom. The summed E-state index contributed by atoms with van der Waals surface area (Å²) in [6.07, 6.45) is -1.08. The van der Waals surface area contributed by atoms with Gasteiger partial charge in [-0.15, -0.1) is 0 Å². The highest BCUT2D eigenvalue weighted by atomic mass is 32.2. The van der Waals surface area contributed by atoms with E-state index in [0.29, 0.717) is 5.56 Å². The van der Waals surface area contributed by atoms with Crippen LogP contribution in [0, 0.1) is 17.7 Å². The molecule has 1 unspecified atom stereocenters. The van der Waals surface area contributed by atoms with E-state index in [1.165, 1.54) is 12.1 Å². The van der Waals surface area contributed by atoms with Gasteiger partial charge in [0, 0.05) is 0 Å². The quantitative estimate of drug-likeness (QED) is 0.579. The SMILES string of the molecule is O=S(=O)(CC#CC(O)c1ccc2ccccc2c1)c1ccc(F)cc1. The van der Waals surface area contributed by atoms with Gasteiger partial charge in [-0.2, -0.15) is 0 Å². The van der Waals surface area contributed by atoms with Gasteiger partial charge in [0.1, 0.15) is 17.7 Å². The molecule has 0 bridgehead atoms. The van der Waals surface area contributed by atoms with Crippen molar-refractivity contribution in [3.8, 4) is 11.8 Å². The Morgan fingerprint density at radius 3 is 2.36 bits per heavy atom. The molecule has 0 aromatic heterocycles. The molecule has 1 N–H and O–H groups in total. The average Bonchev–Trinajstić information content (AvgIpc) is 2.61. The Kier molecular flexibility index (Phi) is 4.84. The van der Waals surface area contributed by atoms with Crippen molar-refractivity contribution in [2.45, 2.75) is 11.0 Å². The first-order chi connectivity index (χ1) is 12.0. The number of hydrogen-bond acceptors (Lipinski definition) is 3. The normalized spacial score (nSPS) is 12.4. The summed E-state index contributed by atoms with van der Waals surface area (Å²) in [5.74, 6) is 4.11. The zero-order valence-electron chi connectivity index (χ0n) is 13.2. The smallest absolute Gasteiger partial charge is 0.189 e. The van der Waals surface area contributed by atoms with Gasteiger partial charge in [0.05, 0.1) is 4.90 Å². The third-order valence-electron chi connectivity index (χ3n) is 3.76. The summed E-state index contributed by atoms with van der Waals surface area (Å²) < 4.78 is 37.1. The highest BCUT2D eigenvalue weighted by molar-refractivity contribution is 7.91. The van der Waals surface area contributed by atoms with Gasteiger partial charge in [0.25, 0.3) is 0 Å². The third-order valence-corrected chi connectivity index (χ3v) is 5.28. The first-order valence-electron chi connectivity index (χ1n) is 7.59. The van der Waals surface area contributed by atoms with Crippen molar-refractivity contribution < 1.29 is 17.9 Å². The molecule has 3 aromatic rings. The fourth-order valence-corrected chi connectivity index (χ4v) is 3.41. The van der Waals surface area contributed by atoms with Crippen molar-refractivity contribution in [2.75, 3.05) is 5.75 Å². The topological polar surface area (TPSA) is 54.4 Å². The van der Waals surface area contributed by atoms with Gasteiger partial charge < -0.3 is 5.11 Å². The van der Waals surface area contributed by atoms with Crippen molar-refractivity contribution in [3.63, 3.8) is 0 Å². The van der Waals surface area contributed by atoms with Crippen LogP contribution in [-0.2, 0) is 9.84 Å². The van der Waals surface area contributed by atoms with Gasteiger partial charge in [-0.1, -0.05) is 48.2 Å². The number of hydrogen-bond donors (Lipinski definition) is 1. The summed E-state index contributed by atoms with van der Waals surface area (Å²) in [5.41, 5.74) is 0.602. The van der Waals surface area contributed by atoms with Crippen LogP contribution in [0.15, 0.2) is 71.6 Å². The molecule has 0 aliphatic carbocycles. The molecular formula is C20H15FO3S. The van der Waals surface area contributed by atoms with Gasteiger partial charge in [0.2, 0.25) is 0 Å². The van der Waals surface area contributed by atoms with Crippen LogP contribution in [0.1, 0.15) is 11.7 Å². The molecule has 0 radical (unpaired) electrons. The largest absolute Gasteiger partial charge is 0.376 e. The second-order valence-electron chi connectivity index (χ2n) is 5.54. The van der Waals surface area contributed by atoms with Crippen molar-refractivity contribution in [3.05, 3.63) is 78.1 Å². The molecule has 0 heterocycles. The van der Waals surface area contributed by atoms with E-state index in [0.717, 1.165) is 22.9 Å². The lowest BCUT2D eigenvalue weighted by Gasteiger charge is -2.05. The maximum Gasteiger partial charge on any atom is 0.189 e. The Hall–Kier alpha value is -2.68. The van der Waals surface area contributed by atoms with Crippen LogP contribution in [0.5, 0.6) is 0 Å². The lowest BCUT2D eigenvalue weighted by atomic mass is 10.0. The highest BCUT2D eigenvalue weighted by Gasteiger charge is 2.13. The molecule has 126 valence electrons. The Morgan fingerprint density at radius 2 is 1.64 bits per heavy atom. The summed E-state index contributed by atoms with van der Waals surface area (Å²) in [7, 11) is -3.64. The maximum absolute atomic E-state index is 12.9. The molecule has 0 saturated heterocycles. The maximum atomic E-state index is 12.9. The first-order valence-corrected chi connectivity index (χ1v) is 9.24. The molecule has 0 saturated carbocycles. The van der Waals surface area contributed by atoms with E-state index in [2.05, 4.69) is 11.8 Å². The second-order valence-corrected chi connectivity index (χ2v) is 7.53. The number of halogens is 1. The fraction of sp³-hybridized carbons (Fsp3) is 0.100. The van der Waals surface area contributed by atoms with Crippen molar-refractivity contribution in [1.29, 1.82) is 0 Å². The van der Waals surface area contributed by atoms with E-state index in [1.807, 2.05) is 36.4 Å². The Bertz CT molecular complexity index is 1060. The molecule has 3 aromatic carbocycles. The summed E-state index contributed by atoms with van der Waals surface area (Å²) in [4.78, 5) is 0.00314. The van der Waals surface area contributed by atoms with Crippen LogP contribution in [0.25, 0.3) is 10.8 Å². The zero-order chi connectivity index (χ0) is 17.9. The fourth-order valence-electron chi connectivity index (χ4n) is 2.42. The zero-order valence-corrected chi connectivity index (χ0v) is 14.0. The van der Waals surface area contributed by atoms with E-state index < -0.39 is 27.5 Å². The molecular weight excluding hydrogens is 339 g/mol. The summed E-state index contributed by atoms with van der Waals surface area (Å²) in [6, 6.07) is 17.8. The lowest BCUT2D eigenvalue weighted by Crippen LogP contribution is -2.05. The number of sulfone groups is 1. The molecule has 0 aliphatic heterocycles. The van der Waals surface area contributed by atoms with Gasteiger partial charge in [-0.3, -0.25) is 0 Å². The standard InChI is InChI=1S/C20H15FO3S/c21-18-9-11-19(12-10-18)25(23,24)13-3-6-20(22)17-8-7-15-4-1-2-5-16(15)14-17/h1-2,4-5,7-12,14,20,22H,13H2. The van der Waals surface area contributed by atoms with E-state index in [4.69, 9.17) is 0 Å². The molecule has 3 rings (SSSR count). The Labute approximate surface area is 145 Å². The highest BCUT2D eigenvalue weighted by Crippen LogP contribution is 2.20. The van der Waals surface area contributed by atoms with Crippen molar-refractivity contribution in [2.24, 2.45) is 0 Å². The van der Waals surface area contributed by atoms with Crippen LogP contribution in [0.4, 0.5) is 4.39 Å². The van der Waals surface area contributed by atoms with Crippen LogP contribution >= 0.6 is 0 Å². The number of aliphatic hydroxyl groups is 1. The van der Waals surface area contributed by atoms with E-state index >= 15 is 0 Å². The predicted molar refractivity (Wildman–Crippen MR) is 95.1 cm³/mol. The lowest BCUT2D eigenvalue weighted by molar-refractivity contribution is 0.238. The van der Waals surface area contributed by atoms with E-state index in [9.17, 15) is 17.9 Å². The molecule has 0 fully saturated rings. The van der Waals surface area contributed by atoms with Crippen molar-refractivity contribution in [1.82, 2.24) is 0 Å². The molecule has 0 spiro atoms. The van der Waals surface area contributed by atoms with Gasteiger partial charge in [-0.05, 0) is 46.7 Å². The van der Waals surface area contributed by atoms with Crippen molar-refractivity contribution >= 4 is 20.6 Å². The summed E-state index contributed by atoms with van der Waals surface area (Å²) in [5, 5.41) is 12.2. The molecule has 25 heavy (non-hydrogen) atoms. The average molecular weight is 354 g/mol. The Balaban J connectivity index is 1.76. The minimum Gasteiger partial charge on any atom is -0.376 e. The molecule has 0 amide bonds. The van der Waals surface area contributed by atoms with Gasteiger partial charge in [0.15, 0.2) is 9.84 Å². The van der Waals surface area contributed by atoms with Gasteiger partial charge >= 0.3 is 0 Å². The number of aliphatic hydroxyl groups excluding tert-OH is 1. The molecule has 1 atom stereocenters. The minimum atomic E-state index is -3.64. The molecule has 5 heteroatoms. The van der Waals surface area contributed by atoms with Crippen LogP contribution in [0.2, 0.25) is 0 Å². The first kappa shape index (κ1) is 17.2. The molecule has 0 aliphatic rings. The number of rotatable bonds is 3. The number of benzene rings is 3.